The molecule has 8 atom stereocenters. The molecule has 0 bridgehead atoms. The molecule has 1 aliphatic heterocycles. The standard InChI is InChI=1S/C9H11NO3.C9H11NO2.C6H13NO2.C5H9NO2.2C5H11NO2.C3H7NO3.C2H5NO2/c10-8(9(12)13)5-6-1-3-7(11)4-2-6;10-8(9(11)12)6-7-4-2-1-3-5-7;1-3-4(2)5(7)6(8)9;7-5(8)4-2-1-3-6-4;2*1-3(2)4(6)5(7)8;4-2(1-5)3(6)7;3-1-2(4)5/h1-4,8,11H,5,10H2,(H,12,13);1-5,8H,6,10H2,(H,11,12);4-5H,3,7H2,1-2H3,(H,8,9);4,6H,1-3H2,(H,7,8);2*3-4H,6H2,1-2H3,(H,7,8);2,5H,1,4H2,(H,6,7);1,3H2,(H,4,5)/t;;;4-;;;;/m...0..../s1. The molecule has 25 N–H and O–H groups in total. The molecule has 0 aliphatic carbocycles. The maximum atomic E-state index is 10.4. The lowest BCUT2D eigenvalue weighted by atomic mass is 10.0. The summed E-state index contributed by atoms with van der Waals surface area (Å²) in [5.74, 6) is -7.35. The van der Waals surface area contributed by atoms with Crippen molar-refractivity contribution in [2.24, 2.45) is 57.9 Å². The maximum absolute atomic E-state index is 10.4. The number of benzene rings is 2. The number of rotatable bonds is 17. The maximum Gasteiger partial charge on any atom is 0.322 e. The van der Waals surface area contributed by atoms with Crippen LogP contribution in [-0.2, 0) is 51.2 Å². The van der Waals surface area contributed by atoms with Gasteiger partial charge in [-0.05, 0) is 73.2 Å². The van der Waals surface area contributed by atoms with E-state index in [1.807, 2.05) is 44.2 Å². The molecular formula is C44H78N8O18. The Morgan fingerprint density at radius 1 is 0.571 bits per heavy atom. The minimum Gasteiger partial charge on any atom is -0.508 e. The summed E-state index contributed by atoms with van der Waals surface area (Å²) < 4.78 is 0. The number of hydrogen-bond donors (Lipinski definition) is 18. The number of hydrogen-bond acceptors (Lipinski definition) is 18. The van der Waals surface area contributed by atoms with Gasteiger partial charge in [0.25, 0.3) is 0 Å². The van der Waals surface area contributed by atoms with Gasteiger partial charge < -0.3 is 96.5 Å². The zero-order chi connectivity index (χ0) is 55.9. The lowest BCUT2D eigenvalue weighted by Gasteiger charge is -2.11. The summed E-state index contributed by atoms with van der Waals surface area (Å²) in [5, 5.41) is 85.5. The van der Waals surface area contributed by atoms with Gasteiger partial charge in [-0.2, -0.15) is 0 Å². The SMILES string of the molecule is CC(C)C(N)C(=O)O.CC(C)C(N)C(=O)O.CCC(C)C(N)C(=O)O.NC(CO)C(=O)O.NC(Cc1ccc(O)cc1)C(=O)O.NC(Cc1ccccc1)C(=O)O.NCC(=O)O.O=C(O)[C@@H]1CCCN1. The van der Waals surface area contributed by atoms with Crippen LogP contribution in [0.25, 0.3) is 0 Å². The van der Waals surface area contributed by atoms with Gasteiger partial charge in [0.1, 0.15) is 48.0 Å². The van der Waals surface area contributed by atoms with Gasteiger partial charge >= 0.3 is 47.8 Å². The molecule has 1 aliphatic rings. The average Bonchev–Trinajstić information content (AvgIpc) is 3.86. The van der Waals surface area contributed by atoms with Crippen molar-refractivity contribution in [3.05, 3.63) is 65.7 Å². The number of nitrogens with one attached hydrogen (secondary N) is 1. The predicted octanol–water partition coefficient (Wildman–Crippen LogP) is -1.22. The van der Waals surface area contributed by atoms with Gasteiger partial charge in [-0.25, -0.2) is 0 Å². The normalized spacial score (nSPS) is 14.9. The fraction of sp³-hybridized carbons (Fsp3) is 0.545. The Morgan fingerprint density at radius 3 is 1.11 bits per heavy atom. The molecule has 0 saturated carbocycles. The number of aromatic hydroxyl groups is 1. The Balaban J connectivity index is -0.000000234. The second kappa shape index (κ2) is 42.7. The van der Waals surface area contributed by atoms with E-state index < -0.39 is 90.6 Å². The molecule has 0 aromatic heterocycles. The van der Waals surface area contributed by atoms with Gasteiger partial charge in [-0.1, -0.05) is 90.4 Å². The van der Waals surface area contributed by atoms with Crippen LogP contribution < -0.4 is 45.5 Å². The van der Waals surface area contributed by atoms with E-state index in [4.69, 9.17) is 85.5 Å². The van der Waals surface area contributed by atoms with E-state index in [1.165, 1.54) is 12.1 Å². The summed E-state index contributed by atoms with van der Waals surface area (Å²) >= 11 is 0. The lowest BCUT2D eigenvalue weighted by Crippen LogP contribution is -2.36. The van der Waals surface area contributed by atoms with Crippen LogP contribution in [0.3, 0.4) is 0 Å². The largest absolute Gasteiger partial charge is 0.508 e. The highest BCUT2D eigenvalue weighted by Gasteiger charge is 2.20. The second-order valence-electron chi connectivity index (χ2n) is 15.6. The first kappa shape index (κ1) is 72.6. The van der Waals surface area contributed by atoms with Crippen molar-refractivity contribution in [1.82, 2.24) is 5.32 Å². The molecule has 0 radical (unpaired) electrons. The van der Waals surface area contributed by atoms with Crippen LogP contribution in [0.2, 0.25) is 0 Å². The van der Waals surface area contributed by atoms with Crippen LogP contribution in [0, 0.1) is 17.8 Å². The van der Waals surface area contributed by atoms with Crippen LogP contribution in [0.1, 0.15) is 71.9 Å². The molecule has 26 nitrogen and oxygen atoms in total. The lowest BCUT2D eigenvalue weighted by molar-refractivity contribution is -0.140. The number of carboxylic acid groups (broad SMARTS) is 8. The molecule has 2 aromatic rings. The molecule has 0 amide bonds. The van der Waals surface area contributed by atoms with E-state index in [-0.39, 0.29) is 42.5 Å². The zero-order valence-corrected chi connectivity index (χ0v) is 40.4. The number of phenols is 1. The number of aliphatic hydroxyl groups excluding tert-OH is 1. The highest BCUT2D eigenvalue weighted by molar-refractivity contribution is 5.75. The third kappa shape index (κ3) is 43.0. The Kier molecular flexibility index (Phi) is 44.3. The number of nitrogens with two attached hydrogens (primary N) is 7. The highest BCUT2D eigenvalue weighted by Crippen LogP contribution is 2.11. The average molecular weight is 1010 g/mol. The van der Waals surface area contributed by atoms with E-state index in [9.17, 15) is 38.4 Å². The van der Waals surface area contributed by atoms with Crippen molar-refractivity contribution < 1.29 is 89.4 Å². The number of aliphatic carboxylic acids is 8. The first-order valence-electron chi connectivity index (χ1n) is 21.5. The zero-order valence-electron chi connectivity index (χ0n) is 40.4. The number of phenolic OH excluding ortho intramolecular Hbond substituents is 1. The van der Waals surface area contributed by atoms with Gasteiger partial charge in [-0.15, -0.1) is 0 Å². The van der Waals surface area contributed by atoms with E-state index in [0.717, 1.165) is 36.9 Å². The van der Waals surface area contributed by atoms with Crippen LogP contribution in [-0.4, -0.2) is 161 Å². The van der Waals surface area contributed by atoms with Crippen molar-refractivity contribution in [1.29, 1.82) is 0 Å². The van der Waals surface area contributed by atoms with Crippen molar-refractivity contribution in [3.8, 4) is 5.75 Å². The van der Waals surface area contributed by atoms with E-state index >= 15 is 0 Å². The highest BCUT2D eigenvalue weighted by atomic mass is 16.4. The van der Waals surface area contributed by atoms with Gasteiger partial charge in [0.2, 0.25) is 0 Å². The fourth-order valence-electron chi connectivity index (χ4n) is 3.97. The van der Waals surface area contributed by atoms with Crippen LogP contribution in [0.15, 0.2) is 54.6 Å². The summed E-state index contributed by atoms with van der Waals surface area (Å²) in [6.45, 7) is 10.9. The summed E-state index contributed by atoms with van der Waals surface area (Å²) in [5.41, 5.74) is 37.4. The monoisotopic (exact) mass is 1010 g/mol. The first-order chi connectivity index (χ1) is 32.2. The molecule has 26 heteroatoms. The van der Waals surface area contributed by atoms with Crippen LogP contribution in [0.4, 0.5) is 0 Å². The van der Waals surface area contributed by atoms with E-state index in [2.05, 4.69) is 11.1 Å². The molecular weight excluding hydrogens is 929 g/mol. The Hall–Kier alpha value is -6.36. The Labute approximate surface area is 406 Å². The van der Waals surface area contributed by atoms with Crippen molar-refractivity contribution in [2.45, 2.75) is 116 Å². The van der Waals surface area contributed by atoms with Gasteiger partial charge in [0.05, 0.1) is 13.2 Å². The number of carbonyl (C=O) groups is 8. The smallest absolute Gasteiger partial charge is 0.322 e. The third-order valence-electron chi connectivity index (χ3n) is 8.92. The van der Waals surface area contributed by atoms with Crippen LogP contribution >= 0.6 is 0 Å². The molecule has 1 saturated heterocycles. The van der Waals surface area contributed by atoms with Crippen molar-refractivity contribution in [3.63, 3.8) is 0 Å². The Morgan fingerprint density at radius 2 is 0.929 bits per heavy atom. The molecule has 2 aromatic carbocycles. The number of aliphatic hydroxyl groups is 1. The number of carboxylic acids is 8. The molecule has 7 unspecified atom stereocenters. The Bertz CT molecular complexity index is 1730. The molecule has 1 heterocycles. The topological polar surface area (TPSA) is 533 Å². The quantitative estimate of drug-likeness (QED) is 0.0883. The minimum absolute atomic E-state index is 0.0208. The van der Waals surface area contributed by atoms with E-state index in [1.54, 1.807) is 39.8 Å². The van der Waals surface area contributed by atoms with Gasteiger partial charge in [0, 0.05) is 0 Å². The molecule has 70 heavy (non-hydrogen) atoms. The summed E-state index contributed by atoms with van der Waals surface area (Å²) in [7, 11) is 0. The summed E-state index contributed by atoms with van der Waals surface area (Å²) in [6, 6.07) is 10.5. The predicted molar refractivity (Wildman–Crippen MR) is 257 cm³/mol. The second-order valence-corrected chi connectivity index (χ2v) is 15.6. The first-order valence-corrected chi connectivity index (χ1v) is 21.5. The molecule has 1 fully saturated rings. The van der Waals surface area contributed by atoms with Crippen LogP contribution in [0.5, 0.6) is 5.75 Å². The minimum atomic E-state index is -1.18. The van der Waals surface area contributed by atoms with E-state index in [0.29, 0.717) is 6.42 Å². The van der Waals surface area contributed by atoms with Gasteiger partial charge in [0.15, 0.2) is 0 Å². The molecule has 0 spiro atoms. The molecule has 402 valence electrons. The molecule has 3 rings (SSSR count). The summed E-state index contributed by atoms with van der Waals surface area (Å²) in [6.07, 6.45) is 3.26. The summed E-state index contributed by atoms with van der Waals surface area (Å²) in [4.78, 5) is 80.0. The van der Waals surface area contributed by atoms with Crippen molar-refractivity contribution in [2.75, 3.05) is 19.7 Å². The third-order valence-corrected chi connectivity index (χ3v) is 8.92. The van der Waals surface area contributed by atoms with Crippen molar-refractivity contribution >= 4 is 47.8 Å². The van der Waals surface area contributed by atoms with Gasteiger partial charge in [-0.3, -0.25) is 38.4 Å². The fourth-order valence-corrected chi connectivity index (χ4v) is 3.97.